The third kappa shape index (κ3) is 6.11. The van der Waals surface area contributed by atoms with Gasteiger partial charge in [-0.1, -0.05) is 73.5 Å². The van der Waals surface area contributed by atoms with Gasteiger partial charge in [0.2, 0.25) is 0 Å². The van der Waals surface area contributed by atoms with Crippen LogP contribution in [0.25, 0.3) is 11.4 Å². The van der Waals surface area contributed by atoms with Gasteiger partial charge in [-0.25, -0.2) is 9.37 Å². The van der Waals surface area contributed by atoms with Crippen LogP contribution in [0.4, 0.5) is 4.39 Å². The van der Waals surface area contributed by atoms with E-state index < -0.39 is 0 Å². The summed E-state index contributed by atoms with van der Waals surface area (Å²) < 4.78 is 16.2. The Morgan fingerprint density at radius 2 is 1.83 bits per heavy atom. The van der Waals surface area contributed by atoms with Crippen molar-refractivity contribution in [2.75, 3.05) is 0 Å². The Hall–Kier alpha value is -3.15. The molecule has 1 heterocycles. The van der Waals surface area contributed by atoms with E-state index in [1.165, 1.54) is 17.7 Å². The van der Waals surface area contributed by atoms with Crippen LogP contribution in [-0.4, -0.2) is 19.6 Å². The van der Waals surface area contributed by atoms with Crippen LogP contribution in [0.2, 0.25) is 5.02 Å². The number of imidazole rings is 1. The first kappa shape index (κ1) is 25.0. The molecule has 1 N–H and O–H groups in total. The molecular weight excluding hydrogens is 461 g/mol. The van der Waals surface area contributed by atoms with Crippen LogP contribution < -0.4 is 0 Å². The molecule has 0 saturated carbocycles. The number of aromatic hydroxyl groups is 1. The SMILES string of the molecule is CCCCn1c([C@@H](C)N(Cc2ccccc2)Cc2ccc(O)cc2Cl)cnc1-c1cccc(F)c1. The van der Waals surface area contributed by atoms with Crippen LogP contribution in [0.3, 0.4) is 0 Å². The van der Waals surface area contributed by atoms with Crippen molar-refractivity contribution in [3.63, 3.8) is 0 Å². The highest BCUT2D eigenvalue weighted by atomic mass is 35.5. The lowest BCUT2D eigenvalue weighted by molar-refractivity contribution is 0.185. The average molecular weight is 492 g/mol. The molecule has 0 saturated heterocycles. The Bertz CT molecular complexity index is 1260. The standard InChI is InChI=1S/C29H31ClFN3O/c1-3-4-15-34-28(18-32-29(34)23-11-8-12-25(31)16-23)21(2)33(19-22-9-6-5-7-10-22)20-24-13-14-26(35)17-27(24)30/h5-14,16-18,21,35H,3-4,15,19-20H2,1-2H3/t21-/m1/s1. The molecule has 1 aromatic heterocycles. The summed E-state index contributed by atoms with van der Waals surface area (Å²) in [7, 11) is 0. The Morgan fingerprint density at radius 3 is 2.54 bits per heavy atom. The number of hydrogen-bond acceptors (Lipinski definition) is 3. The lowest BCUT2D eigenvalue weighted by Gasteiger charge is -2.30. The maximum absolute atomic E-state index is 14.0. The third-order valence-corrected chi connectivity index (χ3v) is 6.67. The number of hydrogen-bond donors (Lipinski definition) is 1. The molecule has 0 radical (unpaired) electrons. The number of unbranched alkanes of at least 4 members (excludes halogenated alkanes) is 1. The first-order valence-corrected chi connectivity index (χ1v) is 12.4. The van der Waals surface area contributed by atoms with Crippen molar-refractivity contribution < 1.29 is 9.50 Å². The summed E-state index contributed by atoms with van der Waals surface area (Å²) in [6.07, 6.45) is 3.96. The van der Waals surface area contributed by atoms with Gasteiger partial charge in [-0.15, -0.1) is 0 Å². The molecule has 0 aliphatic heterocycles. The van der Waals surface area contributed by atoms with Crippen molar-refractivity contribution in [1.29, 1.82) is 0 Å². The predicted molar refractivity (Wildman–Crippen MR) is 140 cm³/mol. The molecule has 3 aromatic carbocycles. The van der Waals surface area contributed by atoms with Crippen molar-refractivity contribution in [3.05, 3.63) is 107 Å². The first-order valence-electron chi connectivity index (χ1n) is 12.0. The molecule has 0 aliphatic rings. The summed E-state index contributed by atoms with van der Waals surface area (Å²) in [5, 5.41) is 10.3. The molecule has 0 aliphatic carbocycles. The van der Waals surface area contributed by atoms with E-state index in [0.29, 0.717) is 18.1 Å². The van der Waals surface area contributed by atoms with Gasteiger partial charge in [-0.2, -0.15) is 0 Å². The summed E-state index contributed by atoms with van der Waals surface area (Å²) in [6.45, 7) is 6.46. The molecular formula is C29H31ClFN3O. The molecule has 0 fully saturated rings. The van der Waals surface area contributed by atoms with Crippen LogP contribution >= 0.6 is 11.6 Å². The summed E-state index contributed by atoms with van der Waals surface area (Å²) in [5.74, 6) is 0.663. The van der Waals surface area contributed by atoms with Gasteiger partial charge in [-0.05, 0) is 48.7 Å². The lowest BCUT2D eigenvalue weighted by atomic mass is 10.1. The molecule has 4 nitrogen and oxygen atoms in total. The topological polar surface area (TPSA) is 41.3 Å². The van der Waals surface area contributed by atoms with Crippen LogP contribution in [0, 0.1) is 5.82 Å². The molecule has 6 heteroatoms. The van der Waals surface area contributed by atoms with Crippen molar-refractivity contribution in [2.45, 2.75) is 52.4 Å². The van der Waals surface area contributed by atoms with Crippen molar-refractivity contribution >= 4 is 11.6 Å². The summed E-state index contributed by atoms with van der Waals surface area (Å²) in [6, 6.07) is 22.1. The van der Waals surface area contributed by atoms with E-state index in [2.05, 4.69) is 35.4 Å². The zero-order valence-electron chi connectivity index (χ0n) is 20.2. The van der Waals surface area contributed by atoms with E-state index in [1.807, 2.05) is 36.5 Å². The van der Waals surface area contributed by atoms with E-state index in [4.69, 9.17) is 16.6 Å². The number of benzene rings is 3. The highest BCUT2D eigenvalue weighted by Crippen LogP contribution is 2.31. The second kappa shape index (κ2) is 11.5. The fourth-order valence-electron chi connectivity index (χ4n) is 4.35. The van der Waals surface area contributed by atoms with E-state index in [1.54, 1.807) is 18.2 Å². The van der Waals surface area contributed by atoms with Gasteiger partial charge in [0.25, 0.3) is 0 Å². The van der Waals surface area contributed by atoms with Gasteiger partial charge >= 0.3 is 0 Å². The number of phenols is 1. The third-order valence-electron chi connectivity index (χ3n) is 6.32. The highest BCUT2D eigenvalue weighted by Gasteiger charge is 2.23. The second-order valence-corrected chi connectivity index (χ2v) is 9.27. The number of halogens is 2. The molecule has 0 unspecified atom stereocenters. The van der Waals surface area contributed by atoms with Crippen LogP contribution in [0.1, 0.15) is 49.6 Å². The number of nitrogens with zero attached hydrogens (tertiary/aromatic N) is 3. The second-order valence-electron chi connectivity index (χ2n) is 8.86. The van der Waals surface area contributed by atoms with Crippen LogP contribution in [0.5, 0.6) is 5.75 Å². The van der Waals surface area contributed by atoms with E-state index >= 15 is 0 Å². The summed E-state index contributed by atoms with van der Waals surface area (Å²) in [5.41, 5.74) is 3.98. The highest BCUT2D eigenvalue weighted by molar-refractivity contribution is 6.31. The van der Waals surface area contributed by atoms with Crippen LogP contribution in [0.15, 0.2) is 79.0 Å². The minimum atomic E-state index is -0.269. The van der Waals surface area contributed by atoms with Gasteiger partial charge in [0.05, 0.1) is 11.9 Å². The normalized spacial score (nSPS) is 12.3. The molecule has 4 rings (SSSR count). The van der Waals surface area contributed by atoms with E-state index in [-0.39, 0.29) is 17.6 Å². The van der Waals surface area contributed by atoms with Crippen LogP contribution in [-0.2, 0) is 19.6 Å². The Morgan fingerprint density at radius 1 is 1.03 bits per heavy atom. The monoisotopic (exact) mass is 491 g/mol. The number of phenolic OH excluding ortho intramolecular Hbond substituents is 1. The van der Waals surface area contributed by atoms with Crippen molar-refractivity contribution in [2.24, 2.45) is 0 Å². The van der Waals surface area contributed by atoms with Crippen molar-refractivity contribution in [1.82, 2.24) is 14.5 Å². The molecule has 0 bridgehead atoms. The zero-order valence-corrected chi connectivity index (χ0v) is 20.9. The van der Waals surface area contributed by atoms with Gasteiger partial charge in [0, 0.05) is 36.3 Å². The molecule has 182 valence electrons. The lowest BCUT2D eigenvalue weighted by Crippen LogP contribution is -2.28. The van der Waals surface area contributed by atoms with Gasteiger partial charge < -0.3 is 9.67 Å². The summed E-state index contributed by atoms with van der Waals surface area (Å²) in [4.78, 5) is 7.09. The van der Waals surface area contributed by atoms with E-state index in [0.717, 1.165) is 42.0 Å². The predicted octanol–water partition coefficient (Wildman–Crippen LogP) is 7.61. The average Bonchev–Trinajstić information content (AvgIpc) is 3.28. The quantitative estimate of drug-likeness (QED) is 0.248. The van der Waals surface area contributed by atoms with Gasteiger partial charge in [0.1, 0.15) is 17.4 Å². The van der Waals surface area contributed by atoms with Crippen molar-refractivity contribution in [3.8, 4) is 17.1 Å². The number of rotatable bonds is 10. The van der Waals surface area contributed by atoms with E-state index in [9.17, 15) is 9.50 Å². The molecule has 1 atom stereocenters. The summed E-state index contributed by atoms with van der Waals surface area (Å²) >= 11 is 6.49. The Kier molecular flexibility index (Phi) is 8.21. The van der Waals surface area contributed by atoms with Gasteiger partial charge in [0.15, 0.2) is 0 Å². The largest absolute Gasteiger partial charge is 0.508 e. The Labute approximate surface area is 211 Å². The van der Waals surface area contributed by atoms with Gasteiger partial charge in [-0.3, -0.25) is 4.90 Å². The fraction of sp³-hybridized carbons (Fsp3) is 0.276. The number of aromatic nitrogens is 2. The minimum absolute atomic E-state index is 0.00624. The minimum Gasteiger partial charge on any atom is -0.508 e. The molecule has 0 amide bonds. The molecule has 4 aromatic rings. The molecule has 35 heavy (non-hydrogen) atoms. The zero-order chi connectivity index (χ0) is 24.8. The Balaban J connectivity index is 1.72. The smallest absolute Gasteiger partial charge is 0.140 e. The maximum atomic E-state index is 14.0. The molecule has 0 spiro atoms. The fourth-order valence-corrected chi connectivity index (χ4v) is 4.58. The maximum Gasteiger partial charge on any atom is 0.140 e. The first-order chi connectivity index (χ1) is 17.0.